The number of hydrogen-bond acceptors (Lipinski definition) is 5. The SMILES string of the molecule is CN(C)S(=O)(=O)c1cccc(-c2cc(NC(=O)C3(c4ccc5c(c4)OCO5)CC3)cc(C(F)(F)F)c2)c1. The number of halogens is 3. The van der Waals surface area contributed by atoms with Crippen LogP contribution in [-0.4, -0.2) is 39.5 Å². The molecule has 1 saturated carbocycles. The lowest BCUT2D eigenvalue weighted by Gasteiger charge is -2.18. The first kappa shape index (κ1) is 25.1. The molecule has 1 amide bonds. The number of hydrogen-bond donors (Lipinski definition) is 1. The lowest BCUT2D eigenvalue weighted by atomic mass is 9.94. The van der Waals surface area contributed by atoms with Crippen molar-refractivity contribution in [2.75, 3.05) is 26.2 Å². The first-order chi connectivity index (χ1) is 17.4. The van der Waals surface area contributed by atoms with E-state index in [1.807, 2.05) is 0 Å². The molecular weight excluding hydrogens is 509 g/mol. The summed E-state index contributed by atoms with van der Waals surface area (Å²) in [5.41, 5.74) is -0.801. The van der Waals surface area contributed by atoms with Crippen LogP contribution >= 0.6 is 0 Å². The molecule has 2 aliphatic rings. The second-order valence-corrected chi connectivity index (χ2v) is 11.4. The number of fused-ring (bicyclic) bond motifs is 1. The van der Waals surface area contributed by atoms with Crippen LogP contribution in [0.25, 0.3) is 11.1 Å². The second-order valence-electron chi connectivity index (χ2n) is 9.22. The van der Waals surface area contributed by atoms with E-state index in [1.165, 1.54) is 44.4 Å². The first-order valence-corrected chi connectivity index (χ1v) is 12.8. The van der Waals surface area contributed by atoms with Gasteiger partial charge in [-0.2, -0.15) is 13.2 Å². The van der Waals surface area contributed by atoms with Crippen LogP contribution in [0.4, 0.5) is 18.9 Å². The quantitative estimate of drug-likeness (QED) is 0.482. The van der Waals surface area contributed by atoms with Gasteiger partial charge in [0.05, 0.1) is 15.9 Å². The van der Waals surface area contributed by atoms with Gasteiger partial charge in [0.2, 0.25) is 22.7 Å². The van der Waals surface area contributed by atoms with Crippen molar-refractivity contribution in [3.8, 4) is 22.6 Å². The van der Waals surface area contributed by atoms with E-state index in [1.54, 1.807) is 18.2 Å². The zero-order chi connectivity index (χ0) is 26.6. The molecule has 5 rings (SSSR count). The number of alkyl halides is 3. The minimum atomic E-state index is -4.68. The van der Waals surface area contributed by atoms with Gasteiger partial charge in [0, 0.05) is 19.8 Å². The highest BCUT2D eigenvalue weighted by molar-refractivity contribution is 7.89. The first-order valence-electron chi connectivity index (χ1n) is 11.4. The Kier molecular flexibility index (Phi) is 5.95. The van der Waals surface area contributed by atoms with Gasteiger partial charge < -0.3 is 14.8 Å². The molecule has 1 N–H and O–H groups in total. The molecule has 194 valence electrons. The van der Waals surface area contributed by atoms with Crippen molar-refractivity contribution in [1.82, 2.24) is 4.31 Å². The molecule has 0 radical (unpaired) electrons. The maximum Gasteiger partial charge on any atom is 0.416 e. The third-order valence-electron chi connectivity index (χ3n) is 6.57. The molecule has 0 saturated heterocycles. The molecule has 0 spiro atoms. The van der Waals surface area contributed by atoms with E-state index in [2.05, 4.69) is 5.32 Å². The van der Waals surface area contributed by atoms with Gasteiger partial charge in [-0.05, 0) is 72.0 Å². The van der Waals surface area contributed by atoms with E-state index in [9.17, 15) is 26.4 Å². The van der Waals surface area contributed by atoms with Gasteiger partial charge in [0.1, 0.15) is 0 Å². The Labute approximate surface area is 211 Å². The Morgan fingerprint density at radius 1 is 0.946 bits per heavy atom. The van der Waals surface area contributed by atoms with Crippen LogP contribution in [0.5, 0.6) is 11.5 Å². The highest BCUT2D eigenvalue weighted by Crippen LogP contribution is 2.51. The van der Waals surface area contributed by atoms with Crippen LogP contribution in [0.3, 0.4) is 0 Å². The number of anilines is 1. The highest BCUT2D eigenvalue weighted by atomic mass is 32.2. The van der Waals surface area contributed by atoms with Crippen molar-refractivity contribution in [3.63, 3.8) is 0 Å². The van der Waals surface area contributed by atoms with Crippen molar-refractivity contribution in [1.29, 1.82) is 0 Å². The second kappa shape index (κ2) is 8.77. The maximum absolute atomic E-state index is 13.8. The Balaban J connectivity index is 1.50. The van der Waals surface area contributed by atoms with Crippen LogP contribution < -0.4 is 14.8 Å². The summed E-state index contributed by atoms with van der Waals surface area (Å²) in [6, 6.07) is 14.1. The maximum atomic E-state index is 13.8. The molecule has 1 aliphatic carbocycles. The molecule has 11 heteroatoms. The van der Waals surface area contributed by atoms with Crippen molar-refractivity contribution >= 4 is 21.6 Å². The monoisotopic (exact) mass is 532 g/mol. The zero-order valence-corrected chi connectivity index (χ0v) is 20.7. The lowest BCUT2D eigenvalue weighted by Crippen LogP contribution is -2.28. The molecule has 0 unspecified atom stereocenters. The Bertz CT molecular complexity index is 1500. The summed E-state index contributed by atoms with van der Waals surface area (Å²) >= 11 is 0. The third-order valence-corrected chi connectivity index (χ3v) is 8.39. The fraction of sp³-hybridized carbons (Fsp3) is 0.269. The molecular formula is C26H23F3N2O5S. The molecule has 1 heterocycles. The van der Waals surface area contributed by atoms with Gasteiger partial charge in [0.15, 0.2) is 11.5 Å². The number of nitrogens with zero attached hydrogens (tertiary/aromatic N) is 1. The lowest BCUT2D eigenvalue weighted by molar-refractivity contribution is -0.137. The molecule has 1 aliphatic heterocycles. The number of ether oxygens (including phenoxy) is 2. The van der Waals surface area contributed by atoms with E-state index in [0.717, 1.165) is 16.4 Å². The fourth-order valence-electron chi connectivity index (χ4n) is 4.29. The molecule has 37 heavy (non-hydrogen) atoms. The number of benzene rings is 3. The topological polar surface area (TPSA) is 84.9 Å². The minimum absolute atomic E-state index is 0.0392. The summed E-state index contributed by atoms with van der Waals surface area (Å²) in [4.78, 5) is 13.3. The fourth-order valence-corrected chi connectivity index (χ4v) is 5.24. The van der Waals surface area contributed by atoms with Crippen LogP contribution in [0.2, 0.25) is 0 Å². The van der Waals surface area contributed by atoms with Gasteiger partial charge in [-0.15, -0.1) is 0 Å². The number of rotatable bonds is 6. The molecule has 0 bridgehead atoms. The van der Waals surface area contributed by atoms with Gasteiger partial charge in [-0.25, -0.2) is 12.7 Å². The smallest absolute Gasteiger partial charge is 0.416 e. The van der Waals surface area contributed by atoms with Gasteiger partial charge >= 0.3 is 6.18 Å². The Hall–Kier alpha value is -3.57. The average molecular weight is 533 g/mol. The number of amides is 1. The number of nitrogens with one attached hydrogen (secondary N) is 1. The molecule has 0 aromatic heterocycles. The highest BCUT2D eigenvalue weighted by Gasteiger charge is 2.51. The van der Waals surface area contributed by atoms with Crippen molar-refractivity contribution in [2.24, 2.45) is 0 Å². The third kappa shape index (κ3) is 4.64. The summed E-state index contributed by atoms with van der Waals surface area (Å²) in [7, 11) is -1.06. The van der Waals surface area contributed by atoms with Gasteiger partial charge in [-0.3, -0.25) is 4.79 Å². The summed E-state index contributed by atoms with van der Waals surface area (Å²) in [6.07, 6.45) is -3.61. The van der Waals surface area contributed by atoms with E-state index in [4.69, 9.17) is 9.47 Å². The van der Waals surface area contributed by atoms with Gasteiger partial charge in [-0.1, -0.05) is 18.2 Å². The summed E-state index contributed by atoms with van der Waals surface area (Å²) in [5, 5.41) is 2.66. The Morgan fingerprint density at radius 3 is 2.35 bits per heavy atom. The molecule has 7 nitrogen and oxygen atoms in total. The van der Waals surface area contributed by atoms with Crippen LogP contribution in [0.1, 0.15) is 24.0 Å². The predicted octanol–water partition coefficient (Wildman–Crippen LogP) is 5.02. The van der Waals surface area contributed by atoms with Gasteiger partial charge in [0.25, 0.3) is 0 Å². The van der Waals surface area contributed by atoms with E-state index in [-0.39, 0.29) is 28.5 Å². The standard InChI is InChI=1S/C26H23F3N2O5S/c1-31(2)37(33,34)21-5-3-4-16(12-21)17-10-19(26(27,28)29)13-20(11-17)30-24(32)25(8-9-25)18-6-7-22-23(14-18)36-15-35-22/h3-7,10-14H,8-9,15H2,1-2H3,(H,30,32). The predicted molar refractivity (Wildman–Crippen MR) is 130 cm³/mol. The van der Waals surface area contributed by atoms with Crippen LogP contribution in [0.15, 0.2) is 65.6 Å². The van der Waals surface area contributed by atoms with Crippen LogP contribution in [-0.2, 0) is 26.4 Å². The molecule has 0 atom stereocenters. The largest absolute Gasteiger partial charge is 0.454 e. The summed E-state index contributed by atoms with van der Waals surface area (Å²) < 4.78 is 78.2. The average Bonchev–Trinajstić information content (AvgIpc) is 3.54. The van der Waals surface area contributed by atoms with E-state index >= 15 is 0 Å². The zero-order valence-electron chi connectivity index (χ0n) is 19.9. The molecule has 3 aromatic rings. The van der Waals surface area contributed by atoms with Crippen molar-refractivity contribution in [2.45, 2.75) is 29.3 Å². The number of carbonyl (C=O) groups excluding carboxylic acids is 1. The molecule has 1 fully saturated rings. The van der Waals surface area contributed by atoms with Crippen molar-refractivity contribution < 1.29 is 35.9 Å². The number of sulfonamides is 1. The summed E-state index contributed by atoms with van der Waals surface area (Å²) in [5.74, 6) is 0.659. The molecule has 3 aromatic carbocycles. The van der Waals surface area contributed by atoms with E-state index in [0.29, 0.717) is 29.9 Å². The normalized spacial score (nSPS) is 16.1. The van der Waals surface area contributed by atoms with E-state index < -0.39 is 33.1 Å². The minimum Gasteiger partial charge on any atom is -0.454 e. The number of carbonyl (C=O) groups is 1. The Morgan fingerprint density at radius 2 is 1.68 bits per heavy atom. The summed E-state index contributed by atoms with van der Waals surface area (Å²) in [6.45, 7) is 0.0854. The van der Waals surface area contributed by atoms with Crippen LogP contribution in [0, 0.1) is 0 Å². The van der Waals surface area contributed by atoms with Crippen molar-refractivity contribution in [3.05, 3.63) is 71.8 Å².